The molecule has 1 amide bonds. The van der Waals surface area contributed by atoms with Crippen LogP contribution in [0, 0.1) is 5.41 Å². The number of rotatable bonds is 3. The molecule has 0 spiro atoms. The molecule has 15 heavy (non-hydrogen) atoms. The van der Waals surface area contributed by atoms with Crippen molar-refractivity contribution >= 4 is 5.91 Å². The number of amides is 1. The molecule has 0 atom stereocenters. The molecule has 86 valence electrons. The van der Waals surface area contributed by atoms with Gasteiger partial charge < -0.3 is 10.6 Å². The molecule has 1 aliphatic heterocycles. The Labute approximate surface area is 92.0 Å². The summed E-state index contributed by atoms with van der Waals surface area (Å²) in [4.78, 5) is 12.1. The zero-order valence-electron chi connectivity index (χ0n) is 9.64. The maximum atomic E-state index is 12.1. The van der Waals surface area contributed by atoms with E-state index in [1.54, 1.807) is 0 Å². The van der Waals surface area contributed by atoms with Gasteiger partial charge in [0, 0.05) is 11.5 Å². The fourth-order valence-electron chi connectivity index (χ4n) is 2.65. The number of carbonyl (C=O) groups excluding carboxylic acids is 1. The van der Waals surface area contributed by atoms with E-state index >= 15 is 0 Å². The molecule has 1 aliphatic carbocycles. The van der Waals surface area contributed by atoms with Crippen LogP contribution in [0.3, 0.4) is 0 Å². The second kappa shape index (κ2) is 4.52. The summed E-state index contributed by atoms with van der Waals surface area (Å²) in [7, 11) is 0. The Bertz CT molecular complexity index is 224. The summed E-state index contributed by atoms with van der Waals surface area (Å²) >= 11 is 0. The lowest BCUT2D eigenvalue weighted by atomic mass is 9.66. The minimum atomic E-state index is 0.00484. The predicted octanol–water partition coefficient (Wildman–Crippen LogP) is 1.43. The maximum Gasteiger partial charge on any atom is 0.226 e. The second-order valence-electron chi connectivity index (χ2n) is 4.99. The van der Waals surface area contributed by atoms with Gasteiger partial charge in [0.1, 0.15) is 0 Å². The van der Waals surface area contributed by atoms with Gasteiger partial charge in [0.15, 0.2) is 0 Å². The molecule has 3 heteroatoms. The van der Waals surface area contributed by atoms with Crippen molar-refractivity contribution in [2.24, 2.45) is 5.41 Å². The molecule has 1 saturated carbocycles. The third-order valence-electron chi connectivity index (χ3n) is 4.14. The lowest BCUT2D eigenvalue weighted by Crippen LogP contribution is -2.51. The SMILES string of the molecule is CCC1(C(=O)NC2CCNCC2)CCC1. The van der Waals surface area contributed by atoms with Crippen LogP contribution in [0.1, 0.15) is 45.4 Å². The van der Waals surface area contributed by atoms with Crippen LogP contribution < -0.4 is 10.6 Å². The minimum absolute atomic E-state index is 0.00484. The molecule has 0 unspecified atom stereocenters. The standard InChI is InChI=1S/C12H22N2O/c1-2-12(6-3-7-12)11(15)14-10-4-8-13-9-5-10/h10,13H,2-9H2,1H3,(H,14,15). The fourth-order valence-corrected chi connectivity index (χ4v) is 2.65. The first-order valence-electron chi connectivity index (χ1n) is 6.28. The van der Waals surface area contributed by atoms with Crippen molar-refractivity contribution in [3.8, 4) is 0 Å². The van der Waals surface area contributed by atoms with Crippen LogP contribution in [0.15, 0.2) is 0 Å². The van der Waals surface area contributed by atoms with E-state index in [0.29, 0.717) is 11.9 Å². The van der Waals surface area contributed by atoms with Gasteiger partial charge >= 0.3 is 0 Å². The van der Waals surface area contributed by atoms with Gasteiger partial charge in [-0.3, -0.25) is 4.79 Å². The highest BCUT2D eigenvalue weighted by Crippen LogP contribution is 2.44. The van der Waals surface area contributed by atoms with E-state index in [1.807, 2.05) is 0 Å². The first-order chi connectivity index (χ1) is 7.27. The largest absolute Gasteiger partial charge is 0.353 e. The van der Waals surface area contributed by atoms with Gasteiger partial charge in [-0.2, -0.15) is 0 Å². The molecule has 0 bridgehead atoms. The molecule has 3 nitrogen and oxygen atoms in total. The fraction of sp³-hybridized carbons (Fsp3) is 0.917. The average Bonchev–Trinajstić information content (AvgIpc) is 2.18. The summed E-state index contributed by atoms with van der Waals surface area (Å²) in [5.74, 6) is 0.322. The molecule has 0 aromatic heterocycles. The van der Waals surface area contributed by atoms with Crippen LogP contribution in [0.5, 0.6) is 0 Å². The van der Waals surface area contributed by atoms with Crippen LogP contribution in [-0.4, -0.2) is 25.0 Å². The van der Waals surface area contributed by atoms with Crippen molar-refractivity contribution < 1.29 is 4.79 Å². The Morgan fingerprint density at radius 3 is 2.53 bits per heavy atom. The van der Waals surface area contributed by atoms with E-state index in [4.69, 9.17) is 0 Å². The molecule has 0 aromatic rings. The van der Waals surface area contributed by atoms with Gasteiger partial charge in [-0.1, -0.05) is 13.3 Å². The molecule has 0 aromatic carbocycles. The van der Waals surface area contributed by atoms with E-state index in [-0.39, 0.29) is 5.41 Å². The van der Waals surface area contributed by atoms with Crippen LogP contribution in [0.2, 0.25) is 0 Å². The van der Waals surface area contributed by atoms with Gasteiger partial charge in [0.2, 0.25) is 5.91 Å². The summed E-state index contributed by atoms with van der Waals surface area (Å²) in [6.45, 7) is 4.23. The molecular weight excluding hydrogens is 188 g/mol. The van der Waals surface area contributed by atoms with Crippen molar-refractivity contribution in [1.29, 1.82) is 0 Å². The molecule has 0 radical (unpaired) electrons. The van der Waals surface area contributed by atoms with Crippen LogP contribution in [0.25, 0.3) is 0 Å². The third kappa shape index (κ3) is 2.17. The average molecular weight is 210 g/mol. The number of hydrogen-bond acceptors (Lipinski definition) is 2. The summed E-state index contributed by atoms with van der Waals surface area (Å²) in [5, 5.41) is 6.55. The van der Waals surface area contributed by atoms with E-state index in [0.717, 1.165) is 45.2 Å². The molecular formula is C12H22N2O. The highest BCUT2D eigenvalue weighted by molar-refractivity contribution is 5.83. The Kier molecular flexibility index (Phi) is 3.29. The lowest BCUT2D eigenvalue weighted by molar-refractivity contribution is -0.137. The topological polar surface area (TPSA) is 41.1 Å². The van der Waals surface area contributed by atoms with E-state index in [1.165, 1.54) is 6.42 Å². The Balaban J connectivity index is 1.85. The highest BCUT2D eigenvalue weighted by atomic mass is 16.2. The van der Waals surface area contributed by atoms with Crippen LogP contribution in [0.4, 0.5) is 0 Å². The Morgan fingerprint density at radius 1 is 1.40 bits per heavy atom. The summed E-state index contributed by atoms with van der Waals surface area (Å²) in [5.41, 5.74) is 0.00484. The van der Waals surface area contributed by atoms with Gasteiger partial charge in [-0.25, -0.2) is 0 Å². The number of nitrogens with one attached hydrogen (secondary N) is 2. The highest BCUT2D eigenvalue weighted by Gasteiger charge is 2.42. The second-order valence-corrected chi connectivity index (χ2v) is 4.99. The molecule has 2 N–H and O–H groups in total. The lowest BCUT2D eigenvalue weighted by Gasteiger charge is -2.41. The Morgan fingerprint density at radius 2 is 2.07 bits per heavy atom. The zero-order chi connectivity index (χ0) is 10.7. The number of piperidine rings is 1. The Hall–Kier alpha value is -0.570. The van der Waals surface area contributed by atoms with Crippen LogP contribution in [-0.2, 0) is 4.79 Å². The molecule has 2 aliphatic rings. The first kappa shape index (κ1) is 10.9. The van der Waals surface area contributed by atoms with Gasteiger partial charge in [-0.05, 0) is 45.2 Å². The van der Waals surface area contributed by atoms with E-state index < -0.39 is 0 Å². The zero-order valence-corrected chi connectivity index (χ0v) is 9.64. The van der Waals surface area contributed by atoms with Crippen molar-refractivity contribution in [3.63, 3.8) is 0 Å². The maximum absolute atomic E-state index is 12.1. The van der Waals surface area contributed by atoms with Crippen molar-refractivity contribution in [3.05, 3.63) is 0 Å². The first-order valence-corrected chi connectivity index (χ1v) is 6.28. The van der Waals surface area contributed by atoms with E-state index in [9.17, 15) is 4.79 Å². The summed E-state index contributed by atoms with van der Waals surface area (Å²) in [6, 6.07) is 0.419. The molecule has 2 fully saturated rings. The smallest absolute Gasteiger partial charge is 0.226 e. The van der Waals surface area contributed by atoms with Crippen LogP contribution >= 0.6 is 0 Å². The normalized spacial score (nSPS) is 25.7. The third-order valence-corrected chi connectivity index (χ3v) is 4.14. The number of carbonyl (C=O) groups is 1. The minimum Gasteiger partial charge on any atom is -0.353 e. The summed E-state index contributed by atoms with van der Waals surface area (Å²) < 4.78 is 0. The summed E-state index contributed by atoms with van der Waals surface area (Å²) in [6.07, 6.45) is 6.61. The molecule has 2 rings (SSSR count). The predicted molar refractivity (Wildman–Crippen MR) is 60.6 cm³/mol. The van der Waals surface area contributed by atoms with Crippen molar-refractivity contribution in [1.82, 2.24) is 10.6 Å². The van der Waals surface area contributed by atoms with Gasteiger partial charge in [-0.15, -0.1) is 0 Å². The van der Waals surface area contributed by atoms with E-state index in [2.05, 4.69) is 17.6 Å². The van der Waals surface area contributed by atoms with Crippen molar-refractivity contribution in [2.45, 2.75) is 51.5 Å². The molecule has 1 heterocycles. The van der Waals surface area contributed by atoms with Gasteiger partial charge in [0.25, 0.3) is 0 Å². The van der Waals surface area contributed by atoms with Gasteiger partial charge in [0.05, 0.1) is 0 Å². The quantitative estimate of drug-likeness (QED) is 0.740. The monoisotopic (exact) mass is 210 g/mol. The molecule has 1 saturated heterocycles. The van der Waals surface area contributed by atoms with Crippen molar-refractivity contribution in [2.75, 3.05) is 13.1 Å². The number of hydrogen-bond donors (Lipinski definition) is 2.